The minimum absolute atomic E-state index is 0.0277. The molecule has 29 heavy (non-hydrogen) atoms. The number of rotatable bonds is 3. The van der Waals surface area contributed by atoms with Gasteiger partial charge in [-0.15, -0.1) is 0 Å². The van der Waals surface area contributed by atoms with Gasteiger partial charge in [-0.1, -0.05) is 65.7 Å². The largest absolute Gasteiger partial charge is 0.496 e. The Morgan fingerprint density at radius 3 is 2.55 bits per heavy atom. The van der Waals surface area contributed by atoms with Crippen LogP contribution in [0.5, 0.6) is 11.5 Å². The summed E-state index contributed by atoms with van der Waals surface area (Å²) in [5.41, 5.74) is 3.94. The molecule has 146 valence electrons. The number of para-hydroxylation sites is 1. The minimum atomic E-state index is -0.455. The topological polar surface area (TPSA) is 34.1 Å². The lowest BCUT2D eigenvalue weighted by Gasteiger charge is -2.39. The van der Waals surface area contributed by atoms with E-state index in [0.717, 1.165) is 34.6 Å². The molecule has 2 aliphatic heterocycles. The number of hydrazone groups is 1. The van der Waals surface area contributed by atoms with Crippen molar-refractivity contribution in [3.8, 4) is 11.5 Å². The zero-order valence-electron chi connectivity index (χ0n) is 15.7. The molecule has 3 aromatic rings. The van der Waals surface area contributed by atoms with E-state index in [4.69, 9.17) is 37.8 Å². The van der Waals surface area contributed by atoms with Crippen molar-refractivity contribution < 1.29 is 9.47 Å². The highest BCUT2D eigenvalue weighted by atomic mass is 35.5. The van der Waals surface area contributed by atoms with Crippen molar-refractivity contribution in [3.63, 3.8) is 0 Å². The number of nitrogens with zero attached hydrogens (tertiary/aromatic N) is 2. The average molecular weight is 425 g/mol. The molecule has 6 heteroatoms. The van der Waals surface area contributed by atoms with Crippen LogP contribution in [0.4, 0.5) is 0 Å². The van der Waals surface area contributed by atoms with Gasteiger partial charge in [0.1, 0.15) is 11.5 Å². The lowest BCUT2D eigenvalue weighted by atomic mass is 9.95. The van der Waals surface area contributed by atoms with Gasteiger partial charge in [0.25, 0.3) is 0 Å². The number of fused-ring (bicyclic) bond motifs is 3. The van der Waals surface area contributed by atoms with Crippen LogP contribution in [0.1, 0.15) is 35.4 Å². The number of hydrogen-bond donors (Lipinski definition) is 0. The van der Waals surface area contributed by atoms with Crippen LogP contribution in [0, 0.1) is 0 Å². The molecule has 0 N–H and O–H groups in total. The number of ether oxygens (including phenoxy) is 2. The molecule has 0 saturated heterocycles. The number of hydrogen-bond acceptors (Lipinski definition) is 4. The van der Waals surface area contributed by atoms with E-state index < -0.39 is 6.23 Å². The van der Waals surface area contributed by atoms with Crippen LogP contribution in [0.15, 0.2) is 71.8 Å². The molecular formula is C23H18Cl2N2O2. The fourth-order valence-corrected chi connectivity index (χ4v) is 4.55. The first kappa shape index (κ1) is 18.3. The lowest BCUT2D eigenvalue weighted by Crippen LogP contribution is -2.34. The van der Waals surface area contributed by atoms with Crippen molar-refractivity contribution in [1.29, 1.82) is 0 Å². The number of halogens is 2. The molecule has 2 heterocycles. The molecule has 4 nitrogen and oxygen atoms in total. The Kier molecular flexibility index (Phi) is 4.61. The summed E-state index contributed by atoms with van der Waals surface area (Å²) >= 11 is 12.8. The second kappa shape index (κ2) is 7.29. The Labute approximate surface area is 179 Å². The van der Waals surface area contributed by atoms with Crippen molar-refractivity contribution in [3.05, 3.63) is 93.5 Å². The predicted molar refractivity (Wildman–Crippen MR) is 115 cm³/mol. The molecule has 0 aliphatic carbocycles. The monoisotopic (exact) mass is 424 g/mol. The van der Waals surface area contributed by atoms with Gasteiger partial charge in [0, 0.05) is 17.0 Å². The Hall–Kier alpha value is -2.69. The summed E-state index contributed by atoms with van der Waals surface area (Å²) in [6.07, 6.45) is 0.284. The molecule has 2 atom stereocenters. The highest BCUT2D eigenvalue weighted by Gasteiger charge is 2.42. The predicted octanol–water partition coefficient (Wildman–Crippen LogP) is 6.24. The molecule has 0 aromatic heterocycles. The standard InChI is InChI=1S/C23H18Cl2N2O2/c1-28-21-10-6-5-9-16(21)23-27-20(13-19(26-27)14-7-3-2-4-8-14)17-11-15(24)12-18(25)22(17)29-23/h2-12,20,23H,13H2,1H3. The van der Waals surface area contributed by atoms with Gasteiger partial charge in [-0.05, 0) is 29.8 Å². The first-order chi connectivity index (χ1) is 14.2. The molecule has 3 aromatic carbocycles. The van der Waals surface area contributed by atoms with Gasteiger partial charge in [-0.3, -0.25) is 0 Å². The third-order valence-corrected chi connectivity index (χ3v) is 5.82. The molecule has 0 bridgehead atoms. The van der Waals surface area contributed by atoms with Crippen LogP contribution in [-0.2, 0) is 0 Å². The molecular weight excluding hydrogens is 407 g/mol. The smallest absolute Gasteiger partial charge is 0.217 e. The maximum atomic E-state index is 6.52. The van der Waals surface area contributed by atoms with E-state index in [2.05, 4.69) is 12.1 Å². The lowest BCUT2D eigenvalue weighted by molar-refractivity contribution is -0.0202. The van der Waals surface area contributed by atoms with Crippen LogP contribution in [-0.4, -0.2) is 17.8 Å². The zero-order valence-corrected chi connectivity index (χ0v) is 17.2. The van der Waals surface area contributed by atoms with Crippen molar-refractivity contribution >= 4 is 28.9 Å². The fraction of sp³-hybridized carbons (Fsp3) is 0.174. The average Bonchev–Trinajstić information content (AvgIpc) is 3.20. The van der Waals surface area contributed by atoms with E-state index in [-0.39, 0.29) is 6.04 Å². The van der Waals surface area contributed by atoms with E-state index in [1.807, 2.05) is 53.5 Å². The van der Waals surface area contributed by atoms with Crippen molar-refractivity contribution in [2.45, 2.75) is 18.7 Å². The maximum Gasteiger partial charge on any atom is 0.217 e. The number of methoxy groups -OCH3 is 1. The summed E-state index contributed by atoms with van der Waals surface area (Å²) in [6.45, 7) is 0. The van der Waals surface area contributed by atoms with Gasteiger partial charge >= 0.3 is 0 Å². The second-order valence-electron chi connectivity index (χ2n) is 7.03. The Morgan fingerprint density at radius 2 is 1.76 bits per heavy atom. The van der Waals surface area contributed by atoms with Gasteiger partial charge in [0.15, 0.2) is 0 Å². The van der Waals surface area contributed by atoms with Crippen LogP contribution in [0.25, 0.3) is 0 Å². The maximum absolute atomic E-state index is 6.52. The SMILES string of the molecule is COc1ccccc1C1Oc2c(Cl)cc(Cl)cc2C2CC(c3ccccc3)=NN21. The van der Waals surface area contributed by atoms with E-state index in [0.29, 0.717) is 15.8 Å². The summed E-state index contributed by atoms with van der Waals surface area (Å²) in [5, 5.41) is 8.03. The van der Waals surface area contributed by atoms with Gasteiger partial charge in [-0.25, -0.2) is 5.01 Å². The summed E-state index contributed by atoms with van der Waals surface area (Å²) in [7, 11) is 1.66. The van der Waals surface area contributed by atoms with Gasteiger partial charge < -0.3 is 9.47 Å². The first-order valence-corrected chi connectivity index (χ1v) is 10.1. The minimum Gasteiger partial charge on any atom is -0.496 e. The zero-order chi connectivity index (χ0) is 20.0. The fourth-order valence-electron chi connectivity index (χ4n) is 4.00. The van der Waals surface area contributed by atoms with Crippen LogP contribution < -0.4 is 9.47 Å². The van der Waals surface area contributed by atoms with Gasteiger partial charge in [0.05, 0.1) is 29.4 Å². The molecule has 0 spiro atoms. The van der Waals surface area contributed by atoms with Crippen molar-refractivity contribution in [2.75, 3.05) is 7.11 Å². The first-order valence-electron chi connectivity index (χ1n) is 9.35. The number of benzene rings is 3. The van der Waals surface area contributed by atoms with Crippen molar-refractivity contribution in [2.24, 2.45) is 5.10 Å². The van der Waals surface area contributed by atoms with Crippen LogP contribution >= 0.6 is 23.2 Å². The molecule has 2 aliphatic rings. The molecule has 0 amide bonds. The summed E-state index contributed by atoms with van der Waals surface area (Å²) < 4.78 is 12.0. The van der Waals surface area contributed by atoms with Gasteiger partial charge in [0.2, 0.25) is 6.23 Å². The summed E-state index contributed by atoms with van der Waals surface area (Å²) in [6, 6.07) is 21.6. The van der Waals surface area contributed by atoms with Crippen molar-refractivity contribution in [1.82, 2.24) is 5.01 Å². The Balaban J connectivity index is 1.66. The molecule has 0 saturated carbocycles. The Bertz CT molecular complexity index is 1100. The second-order valence-corrected chi connectivity index (χ2v) is 7.87. The quantitative estimate of drug-likeness (QED) is 0.498. The van der Waals surface area contributed by atoms with E-state index >= 15 is 0 Å². The van der Waals surface area contributed by atoms with E-state index in [9.17, 15) is 0 Å². The van der Waals surface area contributed by atoms with Crippen LogP contribution in [0.3, 0.4) is 0 Å². The highest BCUT2D eigenvalue weighted by molar-refractivity contribution is 6.35. The molecule has 5 rings (SSSR count). The highest BCUT2D eigenvalue weighted by Crippen LogP contribution is 2.51. The third-order valence-electron chi connectivity index (χ3n) is 5.32. The van der Waals surface area contributed by atoms with Crippen LogP contribution in [0.2, 0.25) is 10.0 Å². The summed E-state index contributed by atoms with van der Waals surface area (Å²) in [5.74, 6) is 1.39. The molecule has 0 radical (unpaired) electrons. The third kappa shape index (κ3) is 3.13. The Morgan fingerprint density at radius 1 is 1.00 bits per heavy atom. The molecule has 0 fully saturated rings. The van der Waals surface area contributed by atoms with E-state index in [1.54, 1.807) is 13.2 Å². The van der Waals surface area contributed by atoms with Gasteiger partial charge in [-0.2, -0.15) is 5.10 Å². The van der Waals surface area contributed by atoms with E-state index in [1.165, 1.54) is 0 Å². The normalized spacial score (nSPS) is 19.8. The summed E-state index contributed by atoms with van der Waals surface area (Å²) in [4.78, 5) is 0. The molecule has 2 unspecified atom stereocenters.